The summed E-state index contributed by atoms with van der Waals surface area (Å²) < 4.78 is 4.68. The second-order valence-electron chi connectivity index (χ2n) is 4.65. The summed E-state index contributed by atoms with van der Waals surface area (Å²) in [6, 6.07) is 1.17. The first-order chi connectivity index (χ1) is 8.15. The van der Waals surface area contributed by atoms with Crippen molar-refractivity contribution < 1.29 is 9.53 Å². The van der Waals surface area contributed by atoms with Crippen molar-refractivity contribution in [1.82, 2.24) is 10.2 Å². The number of piperidine rings is 1. The molecule has 1 fully saturated rings. The van der Waals surface area contributed by atoms with E-state index in [1.807, 2.05) is 11.8 Å². The molecule has 0 radical (unpaired) electrons. The molecule has 1 saturated heterocycles. The van der Waals surface area contributed by atoms with Crippen molar-refractivity contribution in [2.75, 3.05) is 38.8 Å². The number of nitrogens with zero attached hydrogens (tertiary/aromatic N) is 1. The minimum absolute atomic E-state index is 0.132. The molecule has 1 aliphatic heterocycles. The van der Waals surface area contributed by atoms with Gasteiger partial charge in [-0.1, -0.05) is 0 Å². The van der Waals surface area contributed by atoms with E-state index in [2.05, 4.69) is 28.1 Å². The molecule has 1 atom stereocenters. The van der Waals surface area contributed by atoms with Gasteiger partial charge in [0.1, 0.15) is 0 Å². The van der Waals surface area contributed by atoms with E-state index in [9.17, 15) is 4.79 Å². The van der Waals surface area contributed by atoms with E-state index in [1.165, 1.54) is 7.11 Å². The van der Waals surface area contributed by atoms with Crippen LogP contribution in [0.3, 0.4) is 0 Å². The Bertz CT molecular complexity index is 231. The maximum absolute atomic E-state index is 11.1. The van der Waals surface area contributed by atoms with E-state index in [0.717, 1.165) is 31.7 Å². The molecule has 5 heteroatoms. The predicted octanol–water partition coefficient (Wildman–Crippen LogP) is 0.965. The van der Waals surface area contributed by atoms with E-state index >= 15 is 0 Å². The lowest BCUT2D eigenvalue weighted by atomic mass is 10.0. The van der Waals surface area contributed by atoms with Crippen LogP contribution in [-0.4, -0.2) is 61.7 Å². The number of hydrogen-bond donors (Lipinski definition) is 1. The quantitative estimate of drug-likeness (QED) is 0.721. The average Bonchev–Trinajstić information content (AvgIpc) is 2.32. The van der Waals surface area contributed by atoms with Gasteiger partial charge in [-0.2, -0.15) is 11.8 Å². The first kappa shape index (κ1) is 14.8. The Hall–Kier alpha value is -0.260. The van der Waals surface area contributed by atoms with Crippen molar-refractivity contribution in [2.45, 2.75) is 31.8 Å². The van der Waals surface area contributed by atoms with Crippen LogP contribution in [0.1, 0.15) is 19.8 Å². The fraction of sp³-hybridized carbons (Fsp3) is 0.917. The summed E-state index contributed by atoms with van der Waals surface area (Å²) in [7, 11) is 1.45. The molecule has 1 N–H and O–H groups in total. The molecule has 0 saturated carbocycles. The van der Waals surface area contributed by atoms with Gasteiger partial charge in [-0.3, -0.25) is 9.69 Å². The fourth-order valence-electron chi connectivity index (χ4n) is 2.21. The van der Waals surface area contributed by atoms with Crippen molar-refractivity contribution in [1.29, 1.82) is 0 Å². The van der Waals surface area contributed by atoms with Gasteiger partial charge in [0, 0.05) is 30.9 Å². The molecular weight excluding hydrogens is 236 g/mol. The molecule has 4 nitrogen and oxygen atoms in total. The third kappa shape index (κ3) is 5.75. The van der Waals surface area contributed by atoms with Gasteiger partial charge in [0.2, 0.25) is 0 Å². The highest BCUT2D eigenvalue weighted by atomic mass is 32.2. The standard InChI is InChI=1S/C12H24N2O2S/c1-10(9-17-3)13-11-4-6-14(7-5-11)8-12(15)16-2/h10-11,13H,4-9H2,1-3H3. The van der Waals surface area contributed by atoms with Crippen LogP contribution in [0.5, 0.6) is 0 Å². The number of ether oxygens (including phenoxy) is 1. The Morgan fingerprint density at radius 1 is 1.53 bits per heavy atom. The number of esters is 1. The van der Waals surface area contributed by atoms with Gasteiger partial charge in [-0.25, -0.2) is 0 Å². The molecule has 0 aromatic rings. The maximum Gasteiger partial charge on any atom is 0.319 e. The van der Waals surface area contributed by atoms with Crippen LogP contribution in [-0.2, 0) is 9.53 Å². The van der Waals surface area contributed by atoms with Gasteiger partial charge >= 0.3 is 5.97 Å². The van der Waals surface area contributed by atoms with E-state index in [-0.39, 0.29) is 5.97 Å². The minimum atomic E-state index is -0.132. The van der Waals surface area contributed by atoms with E-state index in [4.69, 9.17) is 0 Å². The first-order valence-electron chi connectivity index (χ1n) is 6.20. The van der Waals surface area contributed by atoms with Crippen LogP contribution in [0.4, 0.5) is 0 Å². The van der Waals surface area contributed by atoms with E-state index < -0.39 is 0 Å². The summed E-state index contributed by atoms with van der Waals surface area (Å²) in [4.78, 5) is 13.3. The Kier molecular flexibility index (Phi) is 6.92. The topological polar surface area (TPSA) is 41.6 Å². The zero-order chi connectivity index (χ0) is 12.7. The second-order valence-corrected chi connectivity index (χ2v) is 5.56. The summed E-state index contributed by atoms with van der Waals surface area (Å²) in [5.41, 5.74) is 0. The Balaban J connectivity index is 2.19. The monoisotopic (exact) mass is 260 g/mol. The van der Waals surface area contributed by atoms with Gasteiger partial charge in [0.05, 0.1) is 13.7 Å². The summed E-state index contributed by atoms with van der Waals surface area (Å²) in [6.45, 7) is 4.64. The Morgan fingerprint density at radius 2 is 2.18 bits per heavy atom. The first-order valence-corrected chi connectivity index (χ1v) is 7.59. The smallest absolute Gasteiger partial charge is 0.319 e. The number of carbonyl (C=O) groups excluding carboxylic acids is 1. The van der Waals surface area contributed by atoms with Gasteiger partial charge in [0.25, 0.3) is 0 Å². The van der Waals surface area contributed by atoms with Crippen LogP contribution in [0.25, 0.3) is 0 Å². The number of methoxy groups -OCH3 is 1. The van der Waals surface area contributed by atoms with Gasteiger partial charge < -0.3 is 10.1 Å². The summed E-state index contributed by atoms with van der Waals surface area (Å²) in [5, 5.41) is 3.64. The van der Waals surface area contributed by atoms with Crippen LogP contribution >= 0.6 is 11.8 Å². The fourth-order valence-corrected chi connectivity index (χ4v) is 2.80. The average molecular weight is 260 g/mol. The lowest BCUT2D eigenvalue weighted by Gasteiger charge is -2.33. The zero-order valence-electron chi connectivity index (χ0n) is 11.1. The van der Waals surface area contributed by atoms with Crippen molar-refractivity contribution in [3.8, 4) is 0 Å². The third-order valence-electron chi connectivity index (χ3n) is 3.10. The predicted molar refractivity (Wildman–Crippen MR) is 72.5 cm³/mol. The minimum Gasteiger partial charge on any atom is -0.468 e. The van der Waals surface area contributed by atoms with E-state index in [1.54, 1.807) is 0 Å². The highest BCUT2D eigenvalue weighted by molar-refractivity contribution is 7.98. The number of nitrogens with one attached hydrogen (secondary N) is 1. The van der Waals surface area contributed by atoms with Crippen LogP contribution < -0.4 is 5.32 Å². The molecule has 1 unspecified atom stereocenters. The third-order valence-corrected chi connectivity index (χ3v) is 3.94. The lowest BCUT2D eigenvalue weighted by Crippen LogP contribution is -2.47. The number of hydrogen-bond acceptors (Lipinski definition) is 5. The van der Waals surface area contributed by atoms with Crippen molar-refractivity contribution in [3.05, 3.63) is 0 Å². The maximum atomic E-state index is 11.1. The molecule has 0 aromatic heterocycles. The molecule has 1 rings (SSSR count). The van der Waals surface area contributed by atoms with Crippen LogP contribution in [0.2, 0.25) is 0 Å². The van der Waals surface area contributed by atoms with Crippen LogP contribution in [0, 0.1) is 0 Å². The molecule has 1 aliphatic rings. The summed E-state index contributed by atoms with van der Waals surface area (Å²) in [5.74, 6) is 1.02. The molecule has 0 bridgehead atoms. The molecule has 17 heavy (non-hydrogen) atoms. The molecule has 0 aromatic carbocycles. The Labute approximate surface area is 108 Å². The highest BCUT2D eigenvalue weighted by Crippen LogP contribution is 2.11. The van der Waals surface area contributed by atoms with Crippen molar-refractivity contribution >= 4 is 17.7 Å². The number of likely N-dealkylation sites (tertiary alicyclic amines) is 1. The van der Waals surface area contributed by atoms with Crippen molar-refractivity contribution in [2.24, 2.45) is 0 Å². The molecule has 0 amide bonds. The SMILES string of the molecule is COC(=O)CN1CCC(NC(C)CSC)CC1. The number of rotatable bonds is 6. The second kappa shape index (κ2) is 7.95. The molecule has 0 aliphatic carbocycles. The number of thioether (sulfide) groups is 1. The highest BCUT2D eigenvalue weighted by Gasteiger charge is 2.21. The normalized spacial score (nSPS) is 20.2. The summed E-state index contributed by atoms with van der Waals surface area (Å²) >= 11 is 1.88. The van der Waals surface area contributed by atoms with Gasteiger partial charge in [-0.15, -0.1) is 0 Å². The van der Waals surface area contributed by atoms with Gasteiger partial charge in [0.15, 0.2) is 0 Å². The Morgan fingerprint density at radius 3 is 2.71 bits per heavy atom. The zero-order valence-corrected chi connectivity index (χ0v) is 11.9. The number of carbonyl (C=O) groups is 1. The van der Waals surface area contributed by atoms with E-state index in [0.29, 0.717) is 18.6 Å². The lowest BCUT2D eigenvalue weighted by molar-refractivity contribution is -0.142. The van der Waals surface area contributed by atoms with Crippen molar-refractivity contribution in [3.63, 3.8) is 0 Å². The largest absolute Gasteiger partial charge is 0.468 e. The summed E-state index contributed by atoms with van der Waals surface area (Å²) in [6.07, 6.45) is 4.38. The molecular formula is C12H24N2O2S. The van der Waals surface area contributed by atoms with Crippen LogP contribution in [0.15, 0.2) is 0 Å². The molecule has 100 valence electrons. The molecule has 1 heterocycles. The molecule has 0 spiro atoms. The van der Waals surface area contributed by atoms with Gasteiger partial charge in [-0.05, 0) is 26.0 Å².